The number of esters is 1. The summed E-state index contributed by atoms with van der Waals surface area (Å²) in [6.07, 6.45) is 2.60. The van der Waals surface area contributed by atoms with Crippen molar-refractivity contribution in [3.63, 3.8) is 0 Å². The molecule has 6 nitrogen and oxygen atoms in total. The van der Waals surface area contributed by atoms with Crippen molar-refractivity contribution >= 4 is 11.9 Å². The fourth-order valence-electron chi connectivity index (χ4n) is 3.26. The van der Waals surface area contributed by atoms with Crippen molar-refractivity contribution in [2.75, 3.05) is 34.3 Å². The third kappa shape index (κ3) is 3.42. The molecule has 23 heavy (non-hydrogen) atoms. The number of carbonyl (C=O) groups is 2. The van der Waals surface area contributed by atoms with Gasteiger partial charge in [-0.05, 0) is 45.8 Å². The standard InChI is InChI=1S/C17H27N3O3/c1-6-13-14(17(22)23-5)11(2)15(18-13)16(21)20-9-7-12(8-10-20)19(3)4/h12,18H,6-10H2,1-5H3. The van der Waals surface area contributed by atoms with Gasteiger partial charge in [0.25, 0.3) is 5.91 Å². The minimum absolute atomic E-state index is 0.0236. The maximum Gasteiger partial charge on any atom is 0.339 e. The van der Waals surface area contributed by atoms with Gasteiger partial charge in [-0.3, -0.25) is 4.79 Å². The summed E-state index contributed by atoms with van der Waals surface area (Å²) in [5.74, 6) is -0.412. The highest BCUT2D eigenvalue weighted by Gasteiger charge is 2.29. The molecule has 2 rings (SSSR count). The van der Waals surface area contributed by atoms with E-state index in [-0.39, 0.29) is 11.9 Å². The molecule has 2 heterocycles. The van der Waals surface area contributed by atoms with E-state index < -0.39 is 0 Å². The minimum atomic E-state index is -0.388. The van der Waals surface area contributed by atoms with Crippen molar-refractivity contribution in [1.82, 2.24) is 14.8 Å². The molecule has 1 aliphatic heterocycles. The molecule has 1 saturated heterocycles. The zero-order valence-electron chi connectivity index (χ0n) is 14.7. The van der Waals surface area contributed by atoms with Crippen LogP contribution in [0.4, 0.5) is 0 Å². The van der Waals surface area contributed by atoms with E-state index in [1.807, 2.05) is 18.7 Å². The maximum atomic E-state index is 12.8. The van der Waals surface area contributed by atoms with E-state index in [1.54, 1.807) is 0 Å². The Labute approximate surface area is 137 Å². The first-order valence-electron chi connectivity index (χ1n) is 8.16. The van der Waals surface area contributed by atoms with E-state index in [2.05, 4.69) is 24.0 Å². The number of nitrogens with one attached hydrogen (secondary N) is 1. The molecule has 0 unspecified atom stereocenters. The Bertz CT molecular complexity index is 584. The Kier molecular flexibility index (Phi) is 5.46. The molecule has 1 amide bonds. The van der Waals surface area contributed by atoms with E-state index in [0.29, 0.717) is 29.3 Å². The normalized spacial score (nSPS) is 16.0. The number of rotatable bonds is 4. The van der Waals surface area contributed by atoms with E-state index in [9.17, 15) is 9.59 Å². The Morgan fingerprint density at radius 3 is 2.39 bits per heavy atom. The van der Waals surface area contributed by atoms with Crippen LogP contribution in [0.1, 0.15) is 51.9 Å². The molecule has 0 spiro atoms. The van der Waals surface area contributed by atoms with Crippen LogP contribution in [0.3, 0.4) is 0 Å². The molecule has 6 heteroatoms. The Hall–Kier alpha value is -1.82. The molecule has 1 fully saturated rings. The number of aryl methyl sites for hydroxylation is 1. The van der Waals surface area contributed by atoms with Gasteiger partial charge >= 0.3 is 5.97 Å². The van der Waals surface area contributed by atoms with E-state index in [1.165, 1.54) is 7.11 Å². The largest absolute Gasteiger partial charge is 0.465 e. The fraction of sp³-hybridized carbons (Fsp3) is 0.647. The predicted octanol–water partition coefficient (Wildman–Crippen LogP) is 1.84. The molecule has 128 valence electrons. The van der Waals surface area contributed by atoms with Gasteiger partial charge in [-0.15, -0.1) is 0 Å². The van der Waals surface area contributed by atoms with Crippen LogP contribution in [-0.4, -0.2) is 67.0 Å². The first-order chi connectivity index (χ1) is 10.9. The second-order valence-corrected chi connectivity index (χ2v) is 6.31. The van der Waals surface area contributed by atoms with Gasteiger partial charge in [0.15, 0.2) is 0 Å². The third-order valence-electron chi connectivity index (χ3n) is 4.77. The molecule has 0 bridgehead atoms. The average Bonchev–Trinajstić information content (AvgIpc) is 2.90. The van der Waals surface area contributed by atoms with Crippen LogP contribution in [0.25, 0.3) is 0 Å². The van der Waals surface area contributed by atoms with Gasteiger partial charge in [-0.2, -0.15) is 0 Å². The predicted molar refractivity (Wildman–Crippen MR) is 88.9 cm³/mol. The number of hydrogen-bond acceptors (Lipinski definition) is 4. The van der Waals surface area contributed by atoms with E-state index >= 15 is 0 Å². The van der Waals surface area contributed by atoms with Gasteiger partial charge in [0.2, 0.25) is 0 Å². The zero-order valence-corrected chi connectivity index (χ0v) is 14.7. The van der Waals surface area contributed by atoms with Crippen LogP contribution in [0.5, 0.6) is 0 Å². The Balaban J connectivity index is 2.21. The summed E-state index contributed by atoms with van der Waals surface area (Å²) < 4.78 is 4.85. The van der Waals surface area contributed by atoms with Crippen molar-refractivity contribution in [1.29, 1.82) is 0 Å². The summed E-state index contributed by atoms with van der Waals surface area (Å²) in [6, 6.07) is 0.528. The lowest BCUT2D eigenvalue weighted by atomic mass is 10.0. The van der Waals surface area contributed by atoms with Gasteiger partial charge < -0.3 is 19.5 Å². The van der Waals surface area contributed by atoms with Crippen molar-refractivity contribution in [3.05, 3.63) is 22.5 Å². The number of hydrogen-bond donors (Lipinski definition) is 1. The monoisotopic (exact) mass is 321 g/mol. The second kappa shape index (κ2) is 7.17. The van der Waals surface area contributed by atoms with Crippen molar-refractivity contribution < 1.29 is 14.3 Å². The van der Waals surface area contributed by atoms with Crippen LogP contribution in [-0.2, 0) is 11.2 Å². The fourth-order valence-corrected chi connectivity index (χ4v) is 3.26. The summed E-state index contributed by atoms with van der Waals surface area (Å²) in [5, 5.41) is 0. The second-order valence-electron chi connectivity index (χ2n) is 6.31. The maximum absolute atomic E-state index is 12.8. The number of aromatic nitrogens is 1. The number of aromatic amines is 1. The van der Waals surface area contributed by atoms with Crippen LogP contribution in [0, 0.1) is 6.92 Å². The van der Waals surface area contributed by atoms with Crippen molar-refractivity contribution in [2.24, 2.45) is 0 Å². The summed E-state index contributed by atoms with van der Waals surface area (Å²) in [7, 11) is 5.52. The molecule has 0 atom stereocenters. The molecule has 0 radical (unpaired) electrons. The average molecular weight is 321 g/mol. The molecule has 1 aromatic heterocycles. The number of carbonyl (C=O) groups excluding carboxylic acids is 2. The number of piperidine rings is 1. The van der Waals surface area contributed by atoms with Gasteiger partial charge in [0.05, 0.1) is 12.7 Å². The summed E-state index contributed by atoms with van der Waals surface area (Å²) >= 11 is 0. The van der Waals surface area contributed by atoms with Gasteiger partial charge in [0, 0.05) is 24.8 Å². The molecular formula is C17H27N3O3. The molecule has 0 aromatic carbocycles. The summed E-state index contributed by atoms with van der Waals surface area (Å²) in [5.41, 5.74) is 2.47. The third-order valence-corrected chi connectivity index (χ3v) is 4.77. The van der Waals surface area contributed by atoms with Crippen LogP contribution < -0.4 is 0 Å². The number of amides is 1. The van der Waals surface area contributed by atoms with Crippen LogP contribution in [0.15, 0.2) is 0 Å². The molecular weight excluding hydrogens is 294 g/mol. The minimum Gasteiger partial charge on any atom is -0.465 e. The number of likely N-dealkylation sites (tertiary alicyclic amines) is 1. The lowest BCUT2D eigenvalue weighted by molar-refractivity contribution is 0.0599. The van der Waals surface area contributed by atoms with E-state index in [4.69, 9.17) is 4.74 Å². The molecule has 0 aliphatic carbocycles. The topological polar surface area (TPSA) is 65.6 Å². The SMILES string of the molecule is CCc1[nH]c(C(=O)N2CCC(N(C)C)CC2)c(C)c1C(=O)OC. The smallest absolute Gasteiger partial charge is 0.339 e. The van der Waals surface area contributed by atoms with Gasteiger partial charge in [0.1, 0.15) is 5.69 Å². The van der Waals surface area contributed by atoms with Crippen LogP contribution in [0.2, 0.25) is 0 Å². The quantitative estimate of drug-likeness (QED) is 0.860. The zero-order chi connectivity index (χ0) is 17.1. The van der Waals surface area contributed by atoms with Crippen molar-refractivity contribution in [2.45, 2.75) is 39.2 Å². The number of methoxy groups -OCH3 is 1. The lowest BCUT2D eigenvalue weighted by Gasteiger charge is -2.35. The summed E-state index contributed by atoms with van der Waals surface area (Å²) in [6.45, 7) is 5.25. The van der Waals surface area contributed by atoms with Gasteiger partial charge in [-0.25, -0.2) is 4.79 Å². The number of ether oxygens (including phenoxy) is 1. The lowest BCUT2D eigenvalue weighted by Crippen LogP contribution is -2.44. The molecule has 1 aromatic rings. The Morgan fingerprint density at radius 2 is 1.91 bits per heavy atom. The molecule has 1 N–H and O–H groups in total. The highest BCUT2D eigenvalue weighted by molar-refractivity contribution is 6.00. The molecule has 0 saturated carbocycles. The highest BCUT2D eigenvalue weighted by Crippen LogP contribution is 2.23. The van der Waals surface area contributed by atoms with Gasteiger partial charge in [-0.1, -0.05) is 6.92 Å². The summed E-state index contributed by atoms with van der Waals surface area (Å²) in [4.78, 5) is 32.0. The van der Waals surface area contributed by atoms with E-state index in [0.717, 1.165) is 31.6 Å². The number of H-pyrrole nitrogens is 1. The number of nitrogens with zero attached hydrogens (tertiary/aromatic N) is 2. The van der Waals surface area contributed by atoms with Crippen LogP contribution >= 0.6 is 0 Å². The molecule has 1 aliphatic rings. The Morgan fingerprint density at radius 1 is 1.30 bits per heavy atom. The highest BCUT2D eigenvalue weighted by atomic mass is 16.5. The first-order valence-corrected chi connectivity index (χ1v) is 8.16. The first kappa shape index (κ1) is 17.5. The van der Waals surface area contributed by atoms with Crippen molar-refractivity contribution in [3.8, 4) is 0 Å².